The molecule has 0 aromatic carbocycles. The van der Waals surface area contributed by atoms with Gasteiger partial charge in [0.25, 0.3) is 5.91 Å². The number of rotatable bonds is 4. The highest BCUT2D eigenvalue weighted by molar-refractivity contribution is 5.92. The molecule has 3 aromatic heterocycles. The monoisotopic (exact) mass is 434 g/mol. The van der Waals surface area contributed by atoms with Gasteiger partial charge >= 0.3 is 0 Å². The fraction of sp³-hybridized carbons (Fsp3) is 0.500. The quantitative estimate of drug-likeness (QED) is 0.679. The van der Waals surface area contributed by atoms with Crippen molar-refractivity contribution in [3.63, 3.8) is 0 Å². The summed E-state index contributed by atoms with van der Waals surface area (Å²) in [6.45, 7) is 6.94. The van der Waals surface area contributed by atoms with Crippen molar-refractivity contribution < 1.29 is 9.90 Å². The molecule has 2 atom stereocenters. The molecule has 2 aliphatic heterocycles. The van der Waals surface area contributed by atoms with Gasteiger partial charge in [-0.05, 0) is 50.7 Å². The molecular formula is C24H30N6O2. The third kappa shape index (κ3) is 3.83. The minimum absolute atomic E-state index is 0.104. The third-order valence-electron chi connectivity index (χ3n) is 6.64. The standard InChI is InChI=1S/C24H30N6O2/c1-16-9-11-28(13-16)23-17(2)14-30-22(26-23)12-20(27-30)21-8-3-4-10-29(21)24(32)19-7-5-6-18(15-31)25-19/h5-7,12,14,16,21,31H,3-4,8-11,13,15H2,1-2H3/t16-,21-/m0/s1. The van der Waals surface area contributed by atoms with Crippen LogP contribution in [0, 0.1) is 12.8 Å². The first-order chi connectivity index (χ1) is 15.5. The van der Waals surface area contributed by atoms with E-state index in [9.17, 15) is 9.90 Å². The molecule has 5 rings (SSSR count). The number of hydrogen-bond acceptors (Lipinski definition) is 6. The van der Waals surface area contributed by atoms with E-state index in [1.807, 2.05) is 21.7 Å². The second kappa shape index (κ2) is 8.50. The summed E-state index contributed by atoms with van der Waals surface area (Å²) in [4.78, 5) is 26.8. The summed E-state index contributed by atoms with van der Waals surface area (Å²) in [7, 11) is 0. The zero-order chi connectivity index (χ0) is 22.2. The van der Waals surface area contributed by atoms with Gasteiger partial charge in [0.15, 0.2) is 5.65 Å². The number of nitrogens with zero attached hydrogens (tertiary/aromatic N) is 6. The van der Waals surface area contributed by atoms with Crippen molar-refractivity contribution in [1.82, 2.24) is 24.5 Å². The number of aliphatic hydroxyl groups is 1. The van der Waals surface area contributed by atoms with Crippen LogP contribution in [0.25, 0.3) is 5.65 Å². The third-order valence-corrected chi connectivity index (χ3v) is 6.64. The number of amides is 1. The van der Waals surface area contributed by atoms with Gasteiger partial charge in [-0.1, -0.05) is 13.0 Å². The number of piperidine rings is 1. The summed E-state index contributed by atoms with van der Waals surface area (Å²) in [5.41, 5.74) is 3.67. The molecule has 0 unspecified atom stereocenters. The highest BCUT2D eigenvalue weighted by Gasteiger charge is 2.31. The van der Waals surface area contributed by atoms with Crippen molar-refractivity contribution in [3.05, 3.63) is 53.1 Å². The number of aryl methyl sites for hydroxylation is 1. The first-order valence-corrected chi connectivity index (χ1v) is 11.5. The fourth-order valence-electron chi connectivity index (χ4n) is 4.95. The average Bonchev–Trinajstić information content (AvgIpc) is 3.43. The Morgan fingerprint density at radius 1 is 1.19 bits per heavy atom. The SMILES string of the molecule is Cc1cn2nc([C@@H]3CCCCN3C(=O)c3cccc(CO)n3)cc2nc1N1CC[C@H](C)C1. The van der Waals surface area contributed by atoms with E-state index in [1.165, 1.54) is 6.42 Å². The predicted octanol–water partition coefficient (Wildman–Crippen LogP) is 3.14. The molecule has 8 heteroatoms. The summed E-state index contributed by atoms with van der Waals surface area (Å²) in [5.74, 6) is 1.61. The normalized spacial score (nSPS) is 21.5. The topological polar surface area (TPSA) is 86.9 Å². The number of anilines is 1. The molecule has 2 saturated heterocycles. The molecule has 0 aliphatic carbocycles. The van der Waals surface area contributed by atoms with E-state index >= 15 is 0 Å². The number of hydrogen-bond donors (Lipinski definition) is 1. The van der Waals surface area contributed by atoms with Gasteiger partial charge in [-0.3, -0.25) is 4.79 Å². The molecule has 0 radical (unpaired) electrons. The smallest absolute Gasteiger partial charge is 0.273 e. The van der Waals surface area contributed by atoms with Gasteiger partial charge in [-0.15, -0.1) is 0 Å². The fourth-order valence-corrected chi connectivity index (χ4v) is 4.95. The van der Waals surface area contributed by atoms with Crippen LogP contribution in [0.5, 0.6) is 0 Å². The van der Waals surface area contributed by atoms with Gasteiger partial charge in [-0.2, -0.15) is 5.10 Å². The summed E-state index contributed by atoms with van der Waals surface area (Å²) in [5, 5.41) is 14.2. The Kier molecular flexibility index (Phi) is 5.55. The lowest BCUT2D eigenvalue weighted by Crippen LogP contribution is -2.39. The van der Waals surface area contributed by atoms with E-state index in [0.29, 0.717) is 23.9 Å². The molecule has 5 heterocycles. The van der Waals surface area contributed by atoms with E-state index in [1.54, 1.807) is 18.2 Å². The van der Waals surface area contributed by atoms with Crippen LogP contribution in [0.2, 0.25) is 0 Å². The Labute approximate surface area is 187 Å². The van der Waals surface area contributed by atoms with Crippen LogP contribution in [0.15, 0.2) is 30.5 Å². The molecule has 3 aromatic rings. The highest BCUT2D eigenvalue weighted by atomic mass is 16.3. The molecule has 32 heavy (non-hydrogen) atoms. The van der Waals surface area contributed by atoms with Gasteiger partial charge in [0.05, 0.1) is 24.0 Å². The van der Waals surface area contributed by atoms with Crippen LogP contribution in [-0.2, 0) is 6.61 Å². The summed E-state index contributed by atoms with van der Waals surface area (Å²) >= 11 is 0. The average molecular weight is 435 g/mol. The maximum Gasteiger partial charge on any atom is 0.273 e. The first-order valence-electron chi connectivity index (χ1n) is 11.5. The van der Waals surface area contributed by atoms with E-state index in [4.69, 9.17) is 10.1 Å². The van der Waals surface area contributed by atoms with Crippen molar-refractivity contribution in [1.29, 1.82) is 0 Å². The summed E-state index contributed by atoms with van der Waals surface area (Å²) in [6.07, 6.45) is 6.12. The minimum atomic E-state index is -0.180. The van der Waals surface area contributed by atoms with Crippen molar-refractivity contribution in [2.24, 2.45) is 5.92 Å². The van der Waals surface area contributed by atoms with Crippen molar-refractivity contribution in [2.75, 3.05) is 24.5 Å². The molecule has 0 spiro atoms. The van der Waals surface area contributed by atoms with Gasteiger partial charge < -0.3 is 14.9 Å². The van der Waals surface area contributed by atoms with E-state index in [-0.39, 0.29) is 18.6 Å². The van der Waals surface area contributed by atoms with Crippen LogP contribution in [0.3, 0.4) is 0 Å². The molecule has 8 nitrogen and oxygen atoms in total. The van der Waals surface area contributed by atoms with E-state index in [2.05, 4.69) is 23.7 Å². The lowest BCUT2D eigenvalue weighted by atomic mass is 9.99. The van der Waals surface area contributed by atoms with Crippen LogP contribution in [0.4, 0.5) is 5.82 Å². The van der Waals surface area contributed by atoms with Crippen LogP contribution in [0.1, 0.15) is 66.1 Å². The zero-order valence-electron chi connectivity index (χ0n) is 18.7. The molecule has 2 fully saturated rings. The summed E-state index contributed by atoms with van der Waals surface area (Å²) in [6, 6.07) is 7.12. The largest absolute Gasteiger partial charge is 0.390 e. The number of fused-ring (bicyclic) bond motifs is 1. The number of aliphatic hydroxyl groups excluding tert-OH is 1. The Hall–Kier alpha value is -3.00. The highest BCUT2D eigenvalue weighted by Crippen LogP contribution is 2.32. The number of carbonyl (C=O) groups is 1. The zero-order valence-corrected chi connectivity index (χ0v) is 18.7. The summed E-state index contributed by atoms with van der Waals surface area (Å²) < 4.78 is 1.84. The Morgan fingerprint density at radius 3 is 2.84 bits per heavy atom. The van der Waals surface area contributed by atoms with Gasteiger partial charge in [-0.25, -0.2) is 14.5 Å². The maximum absolute atomic E-state index is 13.3. The molecule has 0 bridgehead atoms. The van der Waals surface area contributed by atoms with Gasteiger partial charge in [0.2, 0.25) is 0 Å². The maximum atomic E-state index is 13.3. The Balaban J connectivity index is 1.46. The van der Waals surface area contributed by atoms with E-state index in [0.717, 1.165) is 55.1 Å². The molecule has 1 amide bonds. The number of carbonyl (C=O) groups excluding carboxylic acids is 1. The van der Waals surface area contributed by atoms with Gasteiger partial charge in [0.1, 0.15) is 11.5 Å². The minimum Gasteiger partial charge on any atom is -0.390 e. The molecule has 168 valence electrons. The van der Waals surface area contributed by atoms with Crippen molar-refractivity contribution in [3.8, 4) is 0 Å². The van der Waals surface area contributed by atoms with Crippen LogP contribution in [-0.4, -0.2) is 55.1 Å². The lowest BCUT2D eigenvalue weighted by molar-refractivity contribution is 0.0599. The lowest BCUT2D eigenvalue weighted by Gasteiger charge is -2.34. The van der Waals surface area contributed by atoms with E-state index < -0.39 is 0 Å². The molecule has 2 aliphatic rings. The van der Waals surface area contributed by atoms with Crippen molar-refractivity contribution in [2.45, 2.75) is 52.2 Å². The number of likely N-dealkylation sites (tertiary alicyclic amines) is 1. The predicted molar refractivity (Wildman–Crippen MR) is 122 cm³/mol. The second-order valence-corrected chi connectivity index (χ2v) is 9.14. The van der Waals surface area contributed by atoms with Gasteiger partial charge in [0, 0.05) is 37.5 Å². The molecular weight excluding hydrogens is 404 g/mol. The molecule has 1 N–H and O–H groups in total. The number of pyridine rings is 1. The van der Waals surface area contributed by atoms with Crippen molar-refractivity contribution >= 4 is 17.4 Å². The van der Waals surface area contributed by atoms with Crippen LogP contribution < -0.4 is 4.90 Å². The van der Waals surface area contributed by atoms with Crippen LogP contribution >= 0.6 is 0 Å². The Bertz CT molecular complexity index is 1140. The molecule has 0 saturated carbocycles. The number of aromatic nitrogens is 4. The first kappa shape index (κ1) is 20.9. The Morgan fingerprint density at radius 2 is 2.06 bits per heavy atom. The second-order valence-electron chi connectivity index (χ2n) is 9.14.